The number of piperazine rings is 1. The van der Waals surface area contributed by atoms with Crippen LogP contribution in [0.3, 0.4) is 0 Å². The number of fused-ring (bicyclic) bond motifs is 3. The second-order valence-electron chi connectivity index (χ2n) is 7.93. The average molecular weight is 385 g/mol. The van der Waals surface area contributed by atoms with Crippen molar-refractivity contribution in [2.75, 3.05) is 64.3 Å². The number of likely N-dealkylation sites (N-methyl/N-ethyl adjacent to an activating group) is 3. The van der Waals surface area contributed by atoms with Crippen LogP contribution in [0.1, 0.15) is 20.3 Å². The van der Waals surface area contributed by atoms with Crippen molar-refractivity contribution in [3.63, 3.8) is 0 Å². The zero-order valence-corrected chi connectivity index (χ0v) is 17.3. The van der Waals surface area contributed by atoms with Crippen LogP contribution in [0.25, 0.3) is 11.0 Å². The van der Waals surface area contributed by atoms with Gasteiger partial charge in [-0.1, -0.05) is 12.1 Å². The number of amides is 1. The van der Waals surface area contributed by atoms with Gasteiger partial charge in [0.05, 0.1) is 17.1 Å². The SMILES string of the molecule is CCN1CC(CCN2CCN(C)CC2)N(CC)c2nc3ccccc3n2C1=O. The van der Waals surface area contributed by atoms with Gasteiger partial charge in [-0.05, 0) is 39.4 Å². The second-order valence-corrected chi connectivity index (χ2v) is 7.93. The summed E-state index contributed by atoms with van der Waals surface area (Å²) in [5, 5.41) is 0. The first kappa shape index (κ1) is 19.2. The number of benzene rings is 1. The molecule has 1 unspecified atom stereocenters. The van der Waals surface area contributed by atoms with E-state index in [4.69, 9.17) is 4.98 Å². The number of carbonyl (C=O) groups excluding carboxylic acids is 1. The van der Waals surface area contributed by atoms with Crippen LogP contribution in [0.15, 0.2) is 24.3 Å². The van der Waals surface area contributed by atoms with Crippen molar-refractivity contribution in [2.45, 2.75) is 26.3 Å². The molecule has 1 atom stereocenters. The highest BCUT2D eigenvalue weighted by molar-refractivity contribution is 5.93. The van der Waals surface area contributed by atoms with Crippen LogP contribution >= 0.6 is 0 Å². The van der Waals surface area contributed by atoms with E-state index in [1.54, 1.807) is 0 Å². The Morgan fingerprint density at radius 2 is 1.82 bits per heavy atom. The van der Waals surface area contributed by atoms with Crippen molar-refractivity contribution >= 4 is 23.0 Å². The predicted octanol–water partition coefficient (Wildman–Crippen LogP) is 2.17. The van der Waals surface area contributed by atoms with Crippen LogP contribution in [-0.4, -0.2) is 95.7 Å². The number of rotatable bonds is 5. The molecule has 2 aromatic rings. The molecule has 1 aromatic carbocycles. The lowest BCUT2D eigenvalue weighted by Gasteiger charge is -2.36. The Kier molecular flexibility index (Phi) is 5.55. The number of para-hydroxylation sites is 2. The Balaban J connectivity index is 1.63. The molecule has 0 aliphatic carbocycles. The highest BCUT2D eigenvalue weighted by Crippen LogP contribution is 2.28. The maximum atomic E-state index is 13.3. The van der Waals surface area contributed by atoms with Crippen molar-refractivity contribution in [1.29, 1.82) is 0 Å². The van der Waals surface area contributed by atoms with Gasteiger partial charge in [0, 0.05) is 52.4 Å². The third kappa shape index (κ3) is 3.49. The van der Waals surface area contributed by atoms with Crippen LogP contribution in [-0.2, 0) is 0 Å². The average Bonchev–Trinajstić information content (AvgIpc) is 3.04. The number of aromatic nitrogens is 2. The number of nitrogens with zero attached hydrogens (tertiary/aromatic N) is 6. The summed E-state index contributed by atoms with van der Waals surface area (Å²) in [4.78, 5) is 27.4. The van der Waals surface area contributed by atoms with E-state index in [0.29, 0.717) is 6.54 Å². The lowest BCUT2D eigenvalue weighted by Crippen LogP contribution is -2.48. The molecular weight excluding hydrogens is 352 g/mol. The van der Waals surface area contributed by atoms with Gasteiger partial charge in [0.15, 0.2) is 0 Å². The molecule has 0 saturated carbocycles. The standard InChI is InChI=1S/C21H32N6O/c1-4-25-16-17(10-11-24-14-12-23(3)13-15-24)26(5-2)20-22-18-8-6-7-9-19(18)27(20)21(25)28/h6-9,17H,4-5,10-16H2,1-3H3. The van der Waals surface area contributed by atoms with Crippen molar-refractivity contribution in [1.82, 2.24) is 24.3 Å². The first-order valence-electron chi connectivity index (χ1n) is 10.6. The van der Waals surface area contributed by atoms with Gasteiger partial charge in [-0.2, -0.15) is 0 Å². The van der Waals surface area contributed by atoms with E-state index in [2.05, 4.69) is 35.6 Å². The zero-order valence-electron chi connectivity index (χ0n) is 17.3. The topological polar surface area (TPSA) is 47.9 Å². The Morgan fingerprint density at radius 1 is 1.07 bits per heavy atom. The van der Waals surface area contributed by atoms with Crippen molar-refractivity contribution < 1.29 is 4.79 Å². The number of hydrogen-bond acceptors (Lipinski definition) is 5. The van der Waals surface area contributed by atoms with Gasteiger partial charge in [-0.3, -0.25) is 0 Å². The first-order valence-corrected chi connectivity index (χ1v) is 10.6. The third-order valence-electron chi connectivity index (χ3n) is 6.23. The molecule has 1 amide bonds. The van der Waals surface area contributed by atoms with Gasteiger partial charge in [-0.15, -0.1) is 0 Å². The smallest absolute Gasteiger partial charge is 0.331 e. The first-order chi connectivity index (χ1) is 13.6. The highest BCUT2D eigenvalue weighted by atomic mass is 16.2. The summed E-state index contributed by atoms with van der Waals surface area (Å²) in [6.45, 7) is 12.2. The van der Waals surface area contributed by atoms with E-state index in [1.807, 2.05) is 33.7 Å². The molecule has 152 valence electrons. The van der Waals surface area contributed by atoms with Gasteiger partial charge >= 0.3 is 6.03 Å². The molecule has 1 saturated heterocycles. The van der Waals surface area contributed by atoms with Gasteiger partial charge in [0.2, 0.25) is 5.95 Å². The molecule has 2 aliphatic heterocycles. The minimum Gasteiger partial charge on any atom is -0.337 e. The fraction of sp³-hybridized carbons (Fsp3) is 0.619. The normalized spacial score (nSPS) is 22.0. The number of carbonyl (C=O) groups is 1. The largest absolute Gasteiger partial charge is 0.337 e. The molecule has 0 spiro atoms. The molecular formula is C21H32N6O. The molecule has 7 heteroatoms. The molecule has 0 radical (unpaired) electrons. The monoisotopic (exact) mass is 384 g/mol. The van der Waals surface area contributed by atoms with Crippen LogP contribution in [0.5, 0.6) is 0 Å². The number of imidazole rings is 1. The molecule has 0 bridgehead atoms. The van der Waals surface area contributed by atoms with E-state index in [9.17, 15) is 4.79 Å². The van der Waals surface area contributed by atoms with Gasteiger partial charge in [-0.25, -0.2) is 14.3 Å². The van der Waals surface area contributed by atoms with Crippen LogP contribution in [0.2, 0.25) is 0 Å². The lowest BCUT2D eigenvalue weighted by atomic mass is 10.1. The van der Waals surface area contributed by atoms with Crippen molar-refractivity contribution in [2.24, 2.45) is 0 Å². The fourth-order valence-corrected chi connectivity index (χ4v) is 4.44. The lowest BCUT2D eigenvalue weighted by molar-refractivity contribution is 0.147. The number of hydrogen-bond donors (Lipinski definition) is 0. The molecule has 2 aliphatic rings. The van der Waals surface area contributed by atoms with Gasteiger partial charge in [0.1, 0.15) is 0 Å². The Morgan fingerprint density at radius 3 is 2.54 bits per heavy atom. The maximum Gasteiger partial charge on any atom is 0.331 e. The third-order valence-corrected chi connectivity index (χ3v) is 6.23. The zero-order chi connectivity index (χ0) is 19.7. The molecule has 3 heterocycles. The van der Waals surface area contributed by atoms with E-state index in [-0.39, 0.29) is 12.1 Å². The maximum absolute atomic E-state index is 13.3. The number of anilines is 1. The summed E-state index contributed by atoms with van der Waals surface area (Å²) in [5.74, 6) is 0.799. The van der Waals surface area contributed by atoms with Crippen molar-refractivity contribution in [3.8, 4) is 0 Å². The van der Waals surface area contributed by atoms with Crippen LogP contribution in [0, 0.1) is 0 Å². The summed E-state index contributed by atoms with van der Waals surface area (Å²) in [7, 11) is 2.19. The quantitative estimate of drug-likeness (QED) is 0.791. The summed E-state index contributed by atoms with van der Waals surface area (Å²) < 4.78 is 1.82. The summed E-state index contributed by atoms with van der Waals surface area (Å²) in [6.07, 6.45) is 1.05. The predicted molar refractivity (Wildman–Crippen MR) is 113 cm³/mol. The van der Waals surface area contributed by atoms with E-state index < -0.39 is 0 Å². The minimum absolute atomic E-state index is 0.0479. The second kappa shape index (κ2) is 8.09. The summed E-state index contributed by atoms with van der Waals surface area (Å²) >= 11 is 0. The molecule has 1 fully saturated rings. The molecule has 0 N–H and O–H groups in total. The summed E-state index contributed by atoms with van der Waals surface area (Å²) in [5.41, 5.74) is 1.79. The minimum atomic E-state index is 0.0479. The Labute approximate surface area is 167 Å². The van der Waals surface area contributed by atoms with Crippen molar-refractivity contribution in [3.05, 3.63) is 24.3 Å². The van der Waals surface area contributed by atoms with Crippen LogP contribution < -0.4 is 4.90 Å². The molecule has 28 heavy (non-hydrogen) atoms. The van der Waals surface area contributed by atoms with E-state index in [1.165, 1.54) is 0 Å². The molecule has 4 rings (SSSR count). The molecule has 1 aromatic heterocycles. The molecule has 7 nitrogen and oxygen atoms in total. The Bertz CT molecular complexity index is 825. The fourth-order valence-electron chi connectivity index (χ4n) is 4.44. The Hall–Kier alpha value is -2.12. The van der Waals surface area contributed by atoms with Crippen LogP contribution in [0.4, 0.5) is 10.7 Å². The van der Waals surface area contributed by atoms with E-state index >= 15 is 0 Å². The van der Waals surface area contributed by atoms with Gasteiger partial charge < -0.3 is 19.6 Å². The van der Waals surface area contributed by atoms with E-state index in [0.717, 1.165) is 69.2 Å². The summed E-state index contributed by atoms with van der Waals surface area (Å²) in [6, 6.07) is 8.29. The highest BCUT2D eigenvalue weighted by Gasteiger charge is 2.34. The van der Waals surface area contributed by atoms with Gasteiger partial charge in [0.25, 0.3) is 0 Å².